The molecule has 6 heteroatoms. The summed E-state index contributed by atoms with van der Waals surface area (Å²) in [6, 6.07) is 14.6. The number of carbonyl (C=O) groups excluding carboxylic acids is 2. The Kier molecular flexibility index (Phi) is 7.02. The molecule has 0 spiro atoms. The maximum Gasteiger partial charge on any atom is 0.243 e. The zero-order valence-electron chi connectivity index (χ0n) is 15.4. The Balaban J connectivity index is 1.82. The lowest BCUT2D eigenvalue weighted by Crippen LogP contribution is -2.23. The van der Waals surface area contributed by atoms with Crippen LogP contribution >= 0.6 is 0 Å². The SMILES string of the molecule is CCCOc1ccc(NCC(=O)Nc2ccc(N(C)C(C)=O)cc2)cc1. The van der Waals surface area contributed by atoms with Crippen LogP contribution in [0.5, 0.6) is 5.75 Å². The lowest BCUT2D eigenvalue weighted by molar-refractivity contribution is -0.116. The summed E-state index contributed by atoms with van der Waals surface area (Å²) in [5, 5.41) is 5.89. The van der Waals surface area contributed by atoms with E-state index in [1.807, 2.05) is 24.3 Å². The molecule has 0 heterocycles. The van der Waals surface area contributed by atoms with E-state index in [1.165, 1.54) is 6.92 Å². The fourth-order valence-corrected chi connectivity index (χ4v) is 2.23. The van der Waals surface area contributed by atoms with Crippen molar-refractivity contribution in [3.05, 3.63) is 48.5 Å². The predicted octanol–water partition coefficient (Wildman–Crippen LogP) is 3.51. The molecule has 2 N–H and O–H groups in total. The van der Waals surface area contributed by atoms with E-state index in [1.54, 1.807) is 36.2 Å². The third kappa shape index (κ3) is 5.81. The summed E-state index contributed by atoms with van der Waals surface area (Å²) < 4.78 is 5.52. The molecule has 0 aliphatic rings. The Hall–Kier alpha value is -3.02. The van der Waals surface area contributed by atoms with E-state index in [0.29, 0.717) is 12.3 Å². The number of hydrogen-bond donors (Lipinski definition) is 2. The first kappa shape index (κ1) is 19.3. The summed E-state index contributed by atoms with van der Waals surface area (Å²) in [4.78, 5) is 24.9. The van der Waals surface area contributed by atoms with Gasteiger partial charge in [0.25, 0.3) is 0 Å². The molecule has 2 aromatic rings. The van der Waals surface area contributed by atoms with Crippen molar-refractivity contribution in [2.45, 2.75) is 20.3 Å². The number of hydrogen-bond acceptors (Lipinski definition) is 4. The van der Waals surface area contributed by atoms with Crippen molar-refractivity contribution in [3.63, 3.8) is 0 Å². The molecule has 2 rings (SSSR count). The van der Waals surface area contributed by atoms with Gasteiger partial charge in [-0.15, -0.1) is 0 Å². The first-order valence-corrected chi connectivity index (χ1v) is 8.60. The zero-order valence-corrected chi connectivity index (χ0v) is 15.4. The van der Waals surface area contributed by atoms with Crippen molar-refractivity contribution in [1.82, 2.24) is 0 Å². The van der Waals surface area contributed by atoms with Gasteiger partial charge in [-0.3, -0.25) is 9.59 Å². The smallest absolute Gasteiger partial charge is 0.243 e. The molecule has 0 aliphatic heterocycles. The lowest BCUT2D eigenvalue weighted by Gasteiger charge is -2.15. The number of anilines is 3. The Labute approximate surface area is 154 Å². The van der Waals surface area contributed by atoms with Crippen LogP contribution in [0.25, 0.3) is 0 Å². The molecule has 0 bridgehead atoms. The van der Waals surface area contributed by atoms with E-state index in [9.17, 15) is 9.59 Å². The summed E-state index contributed by atoms with van der Waals surface area (Å²) in [6.45, 7) is 4.41. The Morgan fingerprint density at radius 3 is 2.19 bits per heavy atom. The molecule has 0 aliphatic carbocycles. The summed E-state index contributed by atoms with van der Waals surface area (Å²) in [5.74, 6) is 0.624. The van der Waals surface area contributed by atoms with Crippen LogP contribution in [0, 0.1) is 0 Å². The standard InChI is InChI=1S/C20H25N3O3/c1-4-13-26-19-11-7-16(8-12-19)21-14-20(25)22-17-5-9-18(10-6-17)23(3)15(2)24/h5-12,21H,4,13-14H2,1-3H3,(H,22,25). The van der Waals surface area contributed by atoms with Gasteiger partial charge in [0.05, 0.1) is 13.2 Å². The van der Waals surface area contributed by atoms with Gasteiger partial charge in [0.15, 0.2) is 0 Å². The third-order valence-electron chi connectivity index (χ3n) is 3.79. The molecule has 0 saturated carbocycles. The lowest BCUT2D eigenvalue weighted by atomic mass is 10.2. The van der Waals surface area contributed by atoms with Crippen LogP contribution in [0.15, 0.2) is 48.5 Å². The molecular formula is C20H25N3O3. The quantitative estimate of drug-likeness (QED) is 0.760. The van der Waals surface area contributed by atoms with Gasteiger partial charge >= 0.3 is 0 Å². The second kappa shape index (κ2) is 9.46. The van der Waals surface area contributed by atoms with E-state index < -0.39 is 0 Å². The number of ether oxygens (including phenoxy) is 1. The minimum atomic E-state index is -0.149. The highest BCUT2D eigenvalue weighted by atomic mass is 16.5. The predicted molar refractivity (Wildman–Crippen MR) is 105 cm³/mol. The molecule has 0 radical (unpaired) electrons. The summed E-state index contributed by atoms with van der Waals surface area (Å²) in [5.41, 5.74) is 2.31. The van der Waals surface area contributed by atoms with E-state index in [2.05, 4.69) is 17.6 Å². The van der Waals surface area contributed by atoms with Crippen LogP contribution in [-0.2, 0) is 9.59 Å². The molecule has 6 nitrogen and oxygen atoms in total. The van der Waals surface area contributed by atoms with Crippen molar-refractivity contribution in [2.24, 2.45) is 0 Å². The molecule has 138 valence electrons. The van der Waals surface area contributed by atoms with Gasteiger partial charge in [-0.05, 0) is 55.0 Å². The van der Waals surface area contributed by atoms with Crippen LogP contribution in [0.4, 0.5) is 17.1 Å². The largest absolute Gasteiger partial charge is 0.494 e. The molecule has 26 heavy (non-hydrogen) atoms. The van der Waals surface area contributed by atoms with Crippen LogP contribution in [0.3, 0.4) is 0 Å². The number of nitrogens with one attached hydrogen (secondary N) is 2. The van der Waals surface area contributed by atoms with Crippen molar-refractivity contribution in [1.29, 1.82) is 0 Å². The molecule has 2 aromatic carbocycles. The molecular weight excluding hydrogens is 330 g/mol. The first-order valence-electron chi connectivity index (χ1n) is 8.60. The molecule has 0 unspecified atom stereocenters. The third-order valence-corrected chi connectivity index (χ3v) is 3.79. The second-order valence-corrected chi connectivity index (χ2v) is 5.90. The van der Waals surface area contributed by atoms with E-state index in [-0.39, 0.29) is 18.4 Å². The Bertz CT molecular complexity index is 727. The number of carbonyl (C=O) groups is 2. The molecule has 0 saturated heterocycles. The van der Waals surface area contributed by atoms with Crippen LogP contribution < -0.4 is 20.3 Å². The maximum absolute atomic E-state index is 12.1. The highest BCUT2D eigenvalue weighted by molar-refractivity contribution is 5.94. The average Bonchev–Trinajstić information content (AvgIpc) is 2.65. The Morgan fingerprint density at radius 1 is 1.00 bits per heavy atom. The molecule has 2 amide bonds. The van der Waals surface area contributed by atoms with Crippen LogP contribution in [0.1, 0.15) is 20.3 Å². The van der Waals surface area contributed by atoms with Gasteiger partial charge in [-0.1, -0.05) is 6.92 Å². The number of nitrogens with zero attached hydrogens (tertiary/aromatic N) is 1. The highest BCUT2D eigenvalue weighted by Gasteiger charge is 2.06. The highest BCUT2D eigenvalue weighted by Crippen LogP contribution is 2.18. The minimum Gasteiger partial charge on any atom is -0.494 e. The average molecular weight is 355 g/mol. The van der Waals surface area contributed by atoms with Crippen molar-refractivity contribution in [2.75, 3.05) is 35.7 Å². The normalized spacial score (nSPS) is 10.1. The van der Waals surface area contributed by atoms with Crippen LogP contribution in [-0.4, -0.2) is 32.0 Å². The summed E-state index contributed by atoms with van der Waals surface area (Å²) >= 11 is 0. The second-order valence-electron chi connectivity index (χ2n) is 5.90. The van der Waals surface area contributed by atoms with E-state index in [4.69, 9.17) is 4.74 Å². The zero-order chi connectivity index (χ0) is 18.9. The van der Waals surface area contributed by atoms with Gasteiger partial charge in [0.1, 0.15) is 5.75 Å². The number of rotatable bonds is 8. The van der Waals surface area contributed by atoms with Gasteiger partial charge in [0, 0.05) is 31.0 Å². The van der Waals surface area contributed by atoms with Gasteiger partial charge in [0.2, 0.25) is 11.8 Å². The fourth-order valence-electron chi connectivity index (χ4n) is 2.23. The van der Waals surface area contributed by atoms with Crippen molar-refractivity contribution in [3.8, 4) is 5.75 Å². The van der Waals surface area contributed by atoms with Crippen LogP contribution in [0.2, 0.25) is 0 Å². The summed E-state index contributed by atoms with van der Waals surface area (Å²) in [6.07, 6.45) is 0.964. The molecule has 0 atom stereocenters. The van der Waals surface area contributed by atoms with Gasteiger partial charge in [-0.2, -0.15) is 0 Å². The Morgan fingerprint density at radius 2 is 1.62 bits per heavy atom. The fraction of sp³-hybridized carbons (Fsp3) is 0.300. The molecule has 0 fully saturated rings. The number of amides is 2. The van der Waals surface area contributed by atoms with Crippen molar-refractivity contribution < 1.29 is 14.3 Å². The monoisotopic (exact) mass is 355 g/mol. The summed E-state index contributed by atoms with van der Waals surface area (Å²) in [7, 11) is 1.71. The first-order chi connectivity index (χ1) is 12.5. The molecule has 0 aromatic heterocycles. The number of benzene rings is 2. The topological polar surface area (TPSA) is 70.7 Å². The minimum absolute atomic E-state index is 0.0444. The van der Waals surface area contributed by atoms with Gasteiger partial charge in [-0.25, -0.2) is 0 Å². The van der Waals surface area contributed by atoms with Gasteiger partial charge < -0.3 is 20.3 Å². The van der Waals surface area contributed by atoms with E-state index >= 15 is 0 Å². The van der Waals surface area contributed by atoms with E-state index in [0.717, 1.165) is 23.5 Å². The maximum atomic E-state index is 12.1. The van der Waals surface area contributed by atoms with Crippen molar-refractivity contribution >= 4 is 28.9 Å².